The minimum absolute atomic E-state index is 0.0163. The Kier molecular flexibility index (Phi) is 7.91. The number of nitrogens with zero attached hydrogens (tertiary/aromatic N) is 2. The monoisotopic (exact) mass is 458 g/mol. The lowest BCUT2D eigenvalue weighted by molar-refractivity contribution is 0.0904. The number of hydrogen-bond acceptors (Lipinski definition) is 6. The molecule has 1 fully saturated rings. The fourth-order valence-electron chi connectivity index (χ4n) is 4.08. The zero-order valence-corrected chi connectivity index (χ0v) is 19.4. The van der Waals surface area contributed by atoms with Crippen LogP contribution in [0.5, 0.6) is 0 Å². The van der Waals surface area contributed by atoms with Crippen LogP contribution in [0.3, 0.4) is 0 Å². The van der Waals surface area contributed by atoms with Crippen LogP contribution in [0.15, 0.2) is 78.9 Å². The van der Waals surface area contributed by atoms with E-state index in [0.29, 0.717) is 11.1 Å². The van der Waals surface area contributed by atoms with E-state index in [-0.39, 0.29) is 18.2 Å². The van der Waals surface area contributed by atoms with Crippen LogP contribution >= 0.6 is 0 Å². The third-order valence-electron chi connectivity index (χ3n) is 5.93. The molecule has 4 rings (SSSR count). The molecule has 2 N–H and O–H groups in total. The number of piperazine rings is 1. The number of Topliss-reactive ketones (excluding diaryl/α,β-unsaturated/α-hetero) is 1. The van der Waals surface area contributed by atoms with Crippen molar-refractivity contribution in [2.75, 3.05) is 50.2 Å². The van der Waals surface area contributed by atoms with Gasteiger partial charge in [-0.2, -0.15) is 0 Å². The van der Waals surface area contributed by atoms with Crippen LogP contribution in [0.1, 0.15) is 26.3 Å². The molecule has 0 atom stereocenters. The van der Waals surface area contributed by atoms with E-state index >= 15 is 0 Å². The Balaban J connectivity index is 1.27. The Bertz CT molecular complexity index is 1090. The van der Waals surface area contributed by atoms with E-state index in [1.54, 1.807) is 25.3 Å². The van der Waals surface area contributed by atoms with Gasteiger partial charge in [-0.05, 0) is 42.0 Å². The van der Waals surface area contributed by atoms with Crippen molar-refractivity contribution in [3.8, 4) is 0 Å². The summed E-state index contributed by atoms with van der Waals surface area (Å²) < 4.78 is 0. The Morgan fingerprint density at radius 3 is 2.26 bits per heavy atom. The highest BCUT2D eigenvalue weighted by Crippen LogP contribution is 2.20. The topological polar surface area (TPSA) is 73.9 Å². The van der Waals surface area contributed by atoms with E-state index in [1.807, 2.05) is 48.5 Å². The molecule has 1 aliphatic rings. The highest BCUT2D eigenvalue weighted by molar-refractivity contribution is 6.02. The summed E-state index contributed by atoms with van der Waals surface area (Å²) in [6, 6.07) is 24.8. The van der Waals surface area contributed by atoms with Gasteiger partial charge in [-0.1, -0.05) is 42.5 Å². The first kappa shape index (κ1) is 23.5. The van der Waals surface area contributed by atoms with Crippen LogP contribution in [0.2, 0.25) is 0 Å². The van der Waals surface area contributed by atoms with Gasteiger partial charge in [0.25, 0.3) is 5.91 Å². The average molecular weight is 459 g/mol. The minimum atomic E-state index is -0.234. The number of anilines is 2. The van der Waals surface area contributed by atoms with Gasteiger partial charge in [-0.3, -0.25) is 24.8 Å². The number of rotatable bonds is 9. The quantitative estimate of drug-likeness (QED) is 0.377. The standard InChI is InChI=1S/C27H30N4O3/c1-34-29-24-10-12-25(13-11-24)31-16-14-30(15-17-31)20-21-6-5-9-23(18-21)27(33)28-19-26(32)22-7-3-2-4-8-22/h2-13,18,29H,14-17,19-20H2,1H3,(H,28,33). The first-order valence-electron chi connectivity index (χ1n) is 11.4. The molecule has 7 nitrogen and oxygen atoms in total. The van der Waals surface area contributed by atoms with Crippen molar-refractivity contribution in [2.45, 2.75) is 6.54 Å². The predicted octanol–water partition coefficient (Wildman–Crippen LogP) is 3.59. The maximum Gasteiger partial charge on any atom is 0.251 e. The lowest BCUT2D eigenvalue weighted by Gasteiger charge is -2.36. The summed E-state index contributed by atoms with van der Waals surface area (Å²) >= 11 is 0. The second-order valence-corrected chi connectivity index (χ2v) is 8.29. The molecule has 1 heterocycles. The number of carbonyl (C=O) groups is 2. The Labute approximate surface area is 200 Å². The number of nitrogens with one attached hydrogen (secondary N) is 2. The van der Waals surface area contributed by atoms with Crippen molar-refractivity contribution < 1.29 is 14.4 Å². The Morgan fingerprint density at radius 1 is 0.853 bits per heavy atom. The third kappa shape index (κ3) is 6.21. The molecular weight excluding hydrogens is 428 g/mol. The molecule has 1 aliphatic heterocycles. The van der Waals surface area contributed by atoms with Crippen molar-refractivity contribution in [3.05, 3.63) is 95.6 Å². The molecule has 3 aromatic rings. The summed E-state index contributed by atoms with van der Waals surface area (Å²) in [5.74, 6) is -0.338. The summed E-state index contributed by atoms with van der Waals surface area (Å²) in [5.41, 5.74) is 7.22. The fourth-order valence-corrected chi connectivity index (χ4v) is 4.08. The van der Waals surface area contributed by atoms with Gasteiger partial charge in [0.2, 0.25) is 0 Å². The molecule has 3 aromatic carbocycles. The second kappa shape index (κ2) is 11.4. The summed E-state index contributed by atoms with van der Waals surface area (Å²) in [4.78, 5) is 34.6. The van der Waals surface area contributed by atoms with E-state index < -0.39 is 0 Å². The molecule has 1 amide bonds. The molecule has 1 saturated heterocycles. The van der Waals surface area contributed by atoms with Gasteiger partial charge < -0.3 is 10.2 Å². The summed E-state index contributed by atoms with van der Waals surface area (Å²) in [5, 5.41) is 2.74. The Hall–Kier alpha value is -3.68. The summed E-state index contributed by atoms with van der Waals surface area (Å²) in [6.45, 7) is 4.55. The van der Waals surface area contributed by atoms with Crippen molar-refractivity contribution in [2.24, 2.45) is 0 Å². The first-order chi connectivity index (χ1) is 16.6. The normalized spacial score (nSPS) is 14.0. The number of amides is 1. The number of hydrogen-bond donors (Lipinski definition) is 2. The van der Waals surface area contributed by atoms with Gasteiger partial charge in [-0.25, -0.2) is 0 Å². The van der Waals surface area contributed by atoms with Crippen LogP contribution < -0.4 is 15.7 Å². The van der Waals surface area contributed by atoms with E-state index in [1.165, 1.54) is 5.69 Å². The van der Waals surface area contributed by atoms with Crippen molar-refractivity contribution >= 4 is 23.1 Å². The predicted molar refractivity (Wildman–Crippen MR) is 134 cm³/mol. The summed E-state index contributed by atoms with van der Waals surface area (Å²) in [6.07, 6.45) is 0. The molecule has 0 unspecified atom stereocenters. The molecule has 0 spiro atoms. The maximum absolute atomic E-state index is 12.6. The SMILES string of the molecule is CONc1ccc(N2CCN(Cc3cccc(C(=O)NCC(=O)c4ccccc4)c3)CC2)cc1. The zero-order valence-electron chi connectivity index (χ0n) is 19.4. The molecule has 176 valence electrons. The molecular formula is C27H30N4O3. The van der Waals surface area contributed by atoms with Gasteiger partial charge in [-0.15, -0.1) is 0 Å². The van der Waals surface area contributed by atoms with Crippen LogP contribution in [0.4, 0.5) is 11.4 Å². The van der Waals surface area contributed by atoms with Crippen molar-refractivity contribution in [1.82, 2.24) is 10.2 Å². The lowest BCUT2D eigenvalue weighted by Crippen LogP contribution is -2.46. The van der Waals surface area contributed by atoms with Crippen LogP contribution in [-0.2, 0) is 11.4 Å². The van der Waals surface area contributed by atoms with Crippen LogP contribution in [-0.4, -0.2) is 56.4 Å². The smallest absolute Gasteiger partial charge is 0.251 e. The molecule has 7 heteroatoms. The van der Waals surface area contributed by atoms with Gasteiger partial charge in [0.15, 0.2) is 5.78 Å². The fraction of sp³-hybridized carbons (Fsp3) is 0.259. The first-order valence-corrected chi connectivity index (χ1v) is 11.4. The van der Waals surface area contributed by atoms with Gasteiger partial charge in [0.05, 0.1) is 19.3 Å². The summed E-state index contributed by atoms with van der Waals surface area (Å²) in [7, 11) is 1.60. The largest absolute Gasteiger partial charge is 0.369 e. The van der Waals surface area contributed by atoms with E-state index in [0.717, 1.165) is 44.0 Å². The van der Waals surface area contributed by atoms with Gasteiger partial charge >= 0.3 is 0 Å². The molecule has 0 aromatic heterocycles. The van der Waals surface area contributed by atoms with E-state index in [9.17, 15) is 9.59 Å². The number of ketones is 1. The maximum atomic E-state index is 12.6. The second-order valence-electron chi connectivity index (χ2n) is 8.29. The minimum Gasteiger partial charge on any atom is -0.369 e. The van der Waals surface area contributed by atoms with Crippen LogP contribution in [0.25, 0.3) is 0 Å². The third-order valence-corrected chi connectivity index (χ3v) is 5.93. The molecule has 34 heavy (non-hydrogen) atoms. The van der Waals surface area contributed by atoms with Gasteiger partial charge in [0, 0.05) is 49.5 Å². The molecule has 0 radical (unpaired) electrons. The van der Waals surface area contributed by atoms with Crippen molar-refractivity contribution in [1.29, 1.82) is 0 Å². The lowest BCUT2D eigenvalue weighted by atomic mass is 10.1. The number of benzene rings is 3. The van der Waals surface area contributed by atoms with Crippen LogP contribution in [0, 0.1) is 0 Å². The van der Waals surface area contributed by atoms with E-state index in [2.05, 4.69) is 32.7 Å². The molecule has 0 aliphatic carbocycles. The van der Waals surface area contributed by atoms with E-state index in [4.69, 9.17) is 4.84 Å². The number of carbonyl (C=O) groups excluding carboxylic acids is 2. The van der Waals surface area contributed by atoms with Gasteiger partial charge in [0.1, 0.15) is 0 Å². The zero-order chi connectivity index (χ0) is 23.8. The molecule has 0 bridgehead atoms. The Morgan fingerprint density at radius 2 is 1.56 bits per heavy atom. The average Bonchev–Trinajstić information content (AvgIpc) is 2.89. The van der Waals surface area contributed by atoms with Crippen molar-refractivity contribution in [3.63, 3.8) is 0 Å². The molecule has 0 saturated carbocycles. The highest BCUT2D eigenvalue weighted by atomic mass is 16.6. The highest BCUT2D eigenvalue weighted by Gasteiger charge is 2.18.